The molecule has 0 saturated carbocycles. The van der Waals surface area contributed by atoms with Crippen LogP contribution < -0.4 is 0 Å². The summed E-state index contributed by atoms with van der Waals surface area (Å²) in [6, 6.07) is 0. The van der Waals surface area contributed by atoms with Crippen LogP contribution in [-0.2, 0) is 23.7 Å². The number of azide groups is 1. The molecule has 0 aromatic rings. The van der Waals surface area contributed by atoms with Gasteiger partial charge in [-0.15, -0.1) is 0 Å². The predicted octanol–water partition coefficient (Wildman–Crippen LogP) is -3.51. The number of nitrogens with zero attached hydrogens (tertiary/aromatic N) is 3. The van der Waals surface area contributed by atoms with E-state index >= 15 is 0 Å². The third-order valence-corrected chi connectivity index (χ3v) is 4.42. The maximum atomic E-state index is 11.1. The van der Waals surface area contributed by atoms with E-state index in [0.29, 0.717) is 0 Å². The van der Waals surface area contributed by atoms with E-state index in [1.807, 2.05) is 0 Å². The average Bonchev–Trinajstić information content (AvgIpc) is 2.66. The maximum Gasteiger partial charge on any atom is 0.302 e. The van der Waals surface area contributed by atoms with Gasteiger partial charge in [0.25, 0.3) is 0 Å². The summed E-state index contributed by atoms with van der Waals surface area (Å²) < 4.78 is 20.8. The third-order valence-electron chi connectivity index (χ3n) is 4.42. The van der Waals surface area contributed by atoms with E-state index in [2.05, 4.69) is 10.0 Å². The largest absolute Gasteiger partial charge is 0.463 e. The van der Waals surface area contributed by atoms with Crippen molar-refractivity contribution in [2.75, 3.05) is 13.2 Å². The van der Waals surface area contributed by atoms with Gasteiger partial charge < -0.3 is 49.6 Å². The van der Waals surface area contributed by atoms with Gasteiger partial charge in [-0.2, -0.15) is 0 Å². The second-order valence-corrected chi connectivity index (χ2v) is 6.35. The van der Waals surface area contributed by atoms with E-state index < -0.39 is 80.5 Å². The molecule has 0 aromatic carbocycles. The lowest BCUT2D eigenvalue weighted by Gasteiger charge is -2.45. The Kier molecular flexibility index (Phi) is 7.91. The first-order chi connectivity index (χ1) is 13.2. The standard InChI is InChI=1S/C14H23N3O11/c1-4(19)25-3-6-12(9(22)10(23)13(26-6)16-17-15)28-14-11(24)8(21)7(20)5(2-18)27-14/h5-14,18,20-24H,2-3H2,1H3. The third kappa shape index (κ3) is 4.87. The second kappa shape index (κ2) is 9.76. The van der Waals surface area contributed by atoms with Gasteiger partial charge in [-0.05, 0) is 5.53 Å². The molecule has 2 aliphatic heterocycles. The Morgan fingerprint density at radius 2 is 1.71 bits per heavy atom. The van der Waals surface area contributed by atoms with Crippen molar-refractivity contribution in [3.05, 3.63) is 10.4 Å². The molecule has 160 valence electrons. The molecule has 10 unspecified atom stereocenters. The first-order valence-electron chi connectivity index (χ1n) is 8.36. The predicted molar refractivity (Wildman–Crippen MR) is 85.1 cm³/mol. The highest BCUT2D eigenvalue weighted by Gasteiger charge is 2.50. The molecule has 2 rings (SSSR count). The molecule has 0 aliphatic carbocycles. The van der Waals surface area contributed by atoms with Crippen molar-refractivity contribution in [1.82, 2.24) is 0 Å². The van der Waals surface area contributed by atoms with E-state index in [-0.39, 0.29) is 0 Å². The molecule has 14 heteroatoms. The number of aliphatic hydroxyl groups is 6. The molecule has 0 spiro atoms. The maximum absolute atomic E-state index is 11.1. The van der Waals surface area contributed by atoms with Gasteiger partial charge in [0.15, 0.2) is 12.5 Å². The van der Waals surface area contributed by atoms with Crippen molar-refractivity contribution in [3.63, 3.8) is 0 Å². The van der Waals surface area contributed by atoms with Crippen LogP contribution in [0, 0.1) is 0 Å². The molecule has 0 amide bonds. The molecule has 2 aliphatic rings. The quantitative estimate of drug-likeness (QED) is 0.109. The van der Waals surface area contributed by atoms with Crippen LogP contribution in [0.1, 0.15) is 6.92 Å². The van der Waals surface area contributed by atoms with Crippen LogP contribution in [0.5, 0.6) is 0 Å². The molecule has 14 nitrogen and oxygen atoms in total. The molecular weight excluding hydrogens is 386 g/mol. The molecule has 2 saturated heterocycles. The Hall–Kier alpha value is -1.58. The van der Waals surface area contributed by atoms with Crippen LogP contribution in [0.25, 0.3) is 10.4 Å². The molecule has 28 heavy (non-hydrogen) atoms. The van der Waals surface area contributed by atoms with Crippen LogP contribution >= 0.6 is 0 Å². The Balaban J connectivity index is 2.20. The van der Waals surface area contributed by atoms with Gasteiger partial charge in [-0.3, -0.25) is 4.79 Å². The monoisotopic (exact) mass is 409 g/mol. The van der Waals surface area contributed by atoms with Crippen molar-refractivity contribution in [2.45, 2.75) is 68.3 Å². The minimum Gasteiger partial charge on any atom is -0.463 e. The fourth-order valence-corrected chi connectivity index (χ4v) is 2.90. The molecule has 0 aromatic heterocycles. The summed E-state index contributed by atoms with van der Waals surface area (Å²) in [6.07, 6.45) is -15.7. The SMILES string of the molecule is CC(=O)OCC1OC(N=[N+]=[N-])C(O)C(O)C1OC1OC(CO)C(O)C(O)C1O. The summed E-state index contributed by atoms with van der Waals surface area (Å²) in [4.78, 5) is 13.6. The lowest BCUT2D eigenvalue weighted by Crippen LogP contribution is -2.64. The van der Waals surface area contributed by atoms with Crippen LogP contribution in [0.4, 0.5) is 0 Å². The van der Waals surface area contributed by atoms with Crippen molar-refractivity contribution in [2.24, 2.45) is 5.11 Å². The van der Waals surface area contributed by atoms with Gasteiger partial charge >= 0.3 is 5.97 Å². The Labute approximate surface area is 158 Å². The number of rotatable bonds is 6. The van der Waals surface area contributed by atoms with Gasteiger partial charge in [-0.25, -0.2) is 0 Å². The summed E-state index contributed by atoms with van der Waals surface area (Å²) in [5, 5.41) is 62.5. The fraction of sp³-hybridized carbons (Fsp3) is 0.929. The first kappa shape index (κ1) is 22.7. The van der Waals surface area contributed by atoms with E-state index in [9.17, 15) is 35.4 Å². The molecular formula is C14H23N3O11. The molecule has 0 bridgehead atoms. The number of carbonyl (C=O) groups excluding carboxylic acids is 1. The molecule has 2 heterocycles. The van der Waals surface area contributed by atoms with Crippen LogP contribution in [0.2, 0.25) is 0 Å². The molecule has 6 N–H and O–H groups in total. The number of esters is 1. The second-order valence-electron chi connectivity index (χ2n) is 6.35. The van der Waals surface area contributed by atoms with Crippen LogP contribution in [0.15, 0.2) is 5.11 Å². The fourth-order valence-electron chi connectivity index (χ4n) is 2.90. The number of carbonyl (C=O) groups is 1. The first-order valence-corrected chi connectivity index (χ1v) is 8.36. The normalized spacial score (nSPS) is 43.8. The van der Waals surface area contributed by atoms with E-state index in [1.54, 1.807) is 0 Å². The van der Waals surface area contributed by atoms with E-state index in [0.717, 1.165) is 6.92 Å². The van der Waals surface area contributed by atoms with Gasteiger partial charge in [0, 0.05) is 11.8 Å². The number of hydrogen-bond donors (Lipinski definition) is 6. The summed E-state index contributed by atoms with van der Waals surface area (Å²) in [5.74, 6) is -0.684. The van der Waals surface area contributed by atoms with Crippen molar-refractivity contribution in [1.29, 1.82) is 0 Å². The summed E-state index contributed by atoms with van der Waals surface area (Å²) in [5.41, 5.74) is 8.54. The zero-order valence-electron chi connectivity index (χ0n) is 14.8. The summed E-state index contributed by atoms with van der Waals surface area (Å²) >= 11 is 0. The molecule has 2 fully saturated rings. The minimum atomic E-state index is -1.77. The van der Waals surface area contributed by atoms with E-state index in [4.69, 9.17) is 24.5 Å². The Morgan fingerprint density at radius 3 is 2.29 bits per heavy atom. The van der Waals surface area contributed by atoms with Gasteiger partial charge in [0.2, 0.25) is 0 Å². The van der Waals surface area contributed by atoms with Crippen molar-refractivity contribution in [3.8, 4) is 0 Å². The molecule has 10 atom stereocenters. The highest BCUT2D eigenvalue weighted by Crippen LogP contribution is 2.29. The summed E-state index contributed by atoms with van der Waals surface area (Å²) in [6.45, 7) is -0.0435. The van der Waals surface area contributed by atoms with Crippen LogP contribution in [-0.4, -0.2) is 111 Å². The van der Waals surface area contributed by atoms with Gasteiger partial charge in [0.05, 0.1) is 6.61 Å². The lowest BCUT2D eigenvalue weighted by atomic mass is 9.96. The van der Waals surface area contributed by atoms with Gasteiger partial charge in [-0.1, -0.05) is 5.11 Å². The highest BCUT2D eigenvalue weighted by molar-refractivity contribution is 5.65. The van der Waals surface area contributed by atoms with Crippen LogP contribution in [0.3, 0.4) is 0 Å². The summed E-state index contributed by atoms with van der Waals surface area (Å²) in [7, 11) is 0. The van der Waals surface area contributed by atoms with E-state index in [1.165, 1.54) is 0 Å². The number of hydrogen-bond acceptors (Lipinski definition) is 12. The Morgan fingerprint density at radius 1 is 1.04 bits per heavy atom. The highest BCUT2D eigenvalue weighted by atomic mass is 16.7. The number of aliphatic hydroxyl groups excluding tert-OH is 6. The zero-order chi connectivity index (χ0) is 21.0. The topological polar surface area (TPSA) is 224 Å². The Bertz CT molecular complexity index is 587. The number of ether oxygens (including phenoxy) is 4. The molecule has 0 radical (unpaired) electrons. The van der Waals surface area contributed by atoms with Crippen molar-refractivity contribution < 1.29 is 54.4 Å². The van der Waals surface area contributed by atoms with Gasteiger partial charge in [0.1, 0.15) is 55.4 Å². The van der Waals surface area contributed by atoms with Crippen molar-refractivity contribution >= 4 is 5.97 Å². The average molecular weight is 409 g/mol. The lowest BCUT2D eigenvalue weighted by molar-refractivity contribution is -0.341. The minimum absolute atomic E-state index is 0.460. The zero-order valence-corrected chi connectivity index (χ0v) is 14.8. The smallest absolute Gasteiger partial charge is 0.302 e.